The van der Waals surface area contributed by atoms with Crippen LogP contribution < -0.4 is 5.32 Å². The maximum Gasteiger partial charge on any atom is 0.253 e. The second kappa shape index (κ2) is 5.88. The number of benzene rings is 1. The summed E-state index contributed by atoms with van der Waals surface area (Å²) in [5, 5.41) is 13.0. The normalized spacial score (nSPS) is 18.9. The first kappa shape index (κ1) is 13.6. The zero-order valence-electron chi connectivity index (χ0n) is 10.3. The summed E-state index contributed by atoms with van der Waals surface area (Å²) < 4.78 is 0.754. The van der Waals surface area contributed by atoms with E-state index >= 15 is 0 Å². The first-order valence-electron chi connectivity index (χ1n) is 6.05. The van der Waals surface area contributed by atoms with E-state index in [0.717, 1.165) is 16.5 Å². The zero-order valence-corrected chi connectivity index (χ0v) is 12.5. The van der Waals surface area contributed by atoms with Gasteiger partial charge in [-0.05, 0) is 60.2 Å². The van der Waals surface area contributed by atoms with Crippen molar-refractivity contribution in [3.63, 3.8) is 0 Å². The van der Waals surface area contributed by atoms with Crippen molar-refractivity contribution >= 4 is 28.5 Å². The van der Waals surface area contributed by atoms with Gasteiger partial charge in [-0.2, -0.15) is 0 Å². The third kappa shape index (κ3) is 3.14. The third-order valence-corrected chi connectivity index (χ3v) is 4.11. The number of phenols is 1. The van der Waals surface area contributed by atoms with E-state index in [2.05, 4.69) is 5.32 Å². The van der Waals surface area contributed by atoms with E-state index in [9.17, 15) is 9.90 Å². The van der Waals surface area contributed by atoms with E-state index in [0.29, 0.717) is 18.2 Å². The number of hydrogen-bond donors (Lipinski definition) is 2. The van der Waals surface area contributed by atoms with Crippen LogP contribution in [0.25, 0.3) is 0 Å². The van der Waals surface area contributed by atoms with Crippen molar-refractivity contribution in [2.45, 2.75) is 18.9 Å². The molecule has 1 fully saturated rings. The average Bonchev–Trinajstić information content (AvgIpc) is 2.84. The molecule has 18 heavy (non-hydrogen) atoms. The quantitative estimate of drug-likeness (QED) is 0.809. The smallest absolute Gasteiger partial charge is 0.253 e. The Bertz CT molecular complexity index is 445. The molecule has 0 bridgehead atoms. The van der Waals surface area contributed by atoms with E-state index in [-0.39, 0.29) is 11.7 Å². The maximum atomic E-state index is 12.2. The molecule has 1 amide bonds. The van der Waals surface area contributed by atoms with Gasteiger partial charge >= 0.3 is 0 Å². The van der Waals surface area contributed by atoms with E-state index in [1.807, 2.05) is 22.6 Å². The molecule has 1 unspecified atom stereocenters. The highest BCUT2D eigenvalue weighted by molar-refractivity contribution is 14.1. The maximum absolute atomic E-state index is 12.2. The molecule has 1 saturated heterocycles. The number of nitrogens with zero attached hydrogens (tertiary/aromatic N) is 1. The number of amides is 1. The minimum Gasteiger partial charge on any atom is -0.507 e. The summed E-state index contributed by atoms with van der Waals surface area (Å²) in [7, 11) is 1.80. The Labute approximate surface area is 121 Å². The molecule has 1 aromatic carbocycles. The van der Waals surface area contributed by atoms with Gasteiger partial charge in [-0.1, -0.05) is 0 Å². The number of hydrogen-bond acceptors (Lipinski definition) is 3. The van der Waals surface area contributed by atoms with Crippen molar-refractivity contribution < 1.29 is 9.90 Å². The molecule has 0 saturated carbocycles. The molecule has 0 radical (unpaired) electrons. The lowest BCUT2D eigenvalue weighted by Crippen LogP contribution is -2.38. The van der Waals surface area contributed by atoms with Gasteiger partial charge < -0.3 is 15.3 Å². The Morgan fingerprint density at radius 3 is 3.00 bits per heavy atom. The van der Waals surface area contributed by atoms with Crippen molar-refractivity contribution in [2.24, 2.45) is 0 Å². The zero-order chi connectivity index (χ0) is 13.1. The van der Waals surface area contributed by atoms with E-state index in [1.54, 1.807) is 24.1 Å². The number of aromatic hydroxyl groups is 1. The topological polar surface area (TPSA) is 52.6 Å². The van der Waals surface area contributed by atoms with Gasteiger partial charge in [-0.25, -0.2) is 0 Å². The van der Waals surface area contributed by atoms with Gasteiger partial charge in [-0.15, -0.1) is 0 Å². The molecule has 4 nitrogen and oxygen atoms in total. The minimum absolute atomic E-state index is 0.0459. The van der Waals surface area contributed by atoms with Gasteiger partial charge in [-0.3, -0.25) is 4.79 Å². The molecule has 2 rings (SSSR count). The molecule has 1 aromatic rings. The highest BCUT2D eigenvalue weighted by atomic mass is 127. The summed E-state index contributed by atoms with van der Waals surface area (Å²) in [6.45, 7) is 1.75. The summed E-state index contributed by atoms with van der Waals surface area (Å²) in [5.41, 5.74) is 0.536. The van der Waals surface area contributed by atoms with Crippen LogP contribution >= 0.6 is 22.6 Å². The number of likely N-dealkylation sites (N-methyl/N-ethyl adjacent to an activating group) is 1. The predicted molar refractivity (Wildman–Crippen MR) is 78.8 cm³/mol. The largest absolute Gasteiger partial charge is 0.507 e. The summed E-state index contributed by atoms with van der Waals surface area (Å²) in [6.07, 6.45) is 2.30. The van der Waals surface area contributed by atoms with Crippen LogP contribution in [0.15, 0.2) is 18.2 Å². The Morgan fingerprint density at radius 2 is 2.39 bits per heavy atom. The van der Waals surface area contributed by atoms with Crippen molar-refractivity contribution in [1.82, 2.24) is 10.2 Å². The number of carbonyl (C=O) groups excluding carboxylic acids is 1. The van der Waals surface area contributed by atoms with Gasteiger partial charge in [0.05, 0.1) is 3.57 Å². The number of nitrogens with one attached hydrogen (secondary N) is 1. The molecule has 1 heterocycles. The summed E-state index contributed by atoms with van der Waals surface area (Å²) in [6, 6.07) is 5.44. The van der Waals surface area contributed by atoms with Crippen LogP contribution in [-0.2, 0) is 0 Å². The fraction of sp³-hybridized carbons (Fsp3) is 0.462. The molecule has 0 aliphatic carbocycles. The van der Waals surface area contributed by atoms with Crippen LogP contribution in [0.5, 0.6) is 5.75 Å². The number of phenolic OH excluding ortho intramolecular Hbond substituents is 1. The standard InChI is InChI=1S/C13H17IN2O2/c1-16(8-10-3-2-6-15-10)13(18)9-4-5-11(14)12(17)7-9/h4-5,7,10,15,17H,2-3,6,8H2,1H3. The van der Waals surface area contributed by atoms with Crippen LogP contribution in [0.3, 0.4) is 0 Å². The molecular formula is C13H17IN2O2. The predicted octanol–water partition coefficient (Wildman–Crippen LogP) is 1.82. The van der Waals surface area contributed by atoms with Gasteiger partial charge in [0.1, 0.15) is 5.75 Å². The molecule has 0 aromatic heterocycles. The van der Waals surface area contributed by atoms with Gasteiger partial charge in [0, 0.05) is 25.2 Å². The molecule has 98 valence electrons. The number of carbonyl (C=O) groups is 1. The Kier molecular flexibility index (Phi) is 4.45. The van der Waals surface area contributed by atoms with E-state index in [4.69, 9.17) is 0 Å². The molecular weight excluding hydrogens is 343 g/mol. The number of rotatable bonds is 3. The lowest BCUT2D eigenvalue weighted by molar-refractivity contribution is 0.0783. The summed E-state index contributed by atoms with van der Waals surface area (Å²) >= 11 is 2.04. The van der Waals surface area contributed by atoms with Crippen LogP contribution in [0.1, 0.15) is 23.2 Å². The second-order valence-corrected chi connectivity index (χ2v) is 5.81. The first-order valence-corrected chi connectivity index (χ1v) is 7.13. The van der Waals surface area contributed by atoms with E-state index < -0.39 is 0 Å². The fourth-order valence-corrected chi connectivity index (χ4v) is 2.53. The monoisotopic (exact) mass is 360 g/mol. The number of halogens is 1. The van der Waals surface area contributed by atoms with Crippen molar-refractivity contribution in [3.8, 4) is 5.75 Å². The third-order valence-electron chi connectivity index (χ3n) is 3.20. The second-order valence-electron chi connectivity index (χ2n) is 4.65. The Balaban J connectivity index is 2.02. The van der Waals surface area contributed by atoms with Crippen molar-refractivity contribution in [2.75, 3.05) is 20.1 Å². The van der Waals surface area contributed by atoms with Crippen molar-refractivity contribution in [3.05, 3.63) is 27.3 Å². The van der Waals surface area contributed by atoms with Gasteiger partial charge in [0.25, 0.3) is 5.91 Å². The lowest BCUT2D eigenvalue weighted by Gasteiger charge is -2.21. The highest BCUT2D eigenvalue weighted by Gasteiger charge is 2.20. The SMILES string of the molecule is CN(CC1CCCN1)C(=O)c1ccc(I)c(O)c1. The minimum atomic E-state index is -0.0459. The molecule has 2 N–H and O–H groups in total. The van der Waals surface area contributed by atoms with Crippen LogP contribution in [0, 0.1) is 3.57 Å². The molecule has 1 aliphatic heterocycles. The Hall–Kier alpha value is -0.820. The van der Waals surface area contributed by atoms with Crippen LogP contribution in [0.2, 0.25) is 0 Å². The van der Waals surface area contributed by atoms with Gasteiger partial charge in [0.2, 0.25) is 0 Å². The highest BCUT2D eigenvalue weighted by Crippen LogP contribution is 2.21. The fourth-order valence-electron chi connectivity index (χ4n) is 2.19. The van der Waals surface area contributed by atoms with Crippen LogP contribution in [0.4, 0.5) is 0 Å². The van der Waals surface area contributed by atoms with Crippen molar-refractivity contribution in [1.29, 1.82) is 0 Å². The van der Waals surface area contributed by atoms with Gasteiger partial charge in [0.15, 0.2) is 0 Å². The summed E-state index contributed by atoms with van der Waals surface area (Å²) in [4.78, 5) is 13.9. The molecule has 0 spiro atoms. The Morgan fingerprint density at radius 1 is 1.61 bits per heavy atom. The molecule has 1 atom stereocenters. The lowest BCUT2D eigenvalue weighted by atomic mass is 10.1. The van der Waals surface area contributed by atoms with E-state index in [1.165, 1.54) is 12.5 Å². The molecule has 5 heteroatoms. The average molecular weight is 360 g/mol. The van der Waals surface area contributed by atoms with Crippen LogP contribution in [-0.4, -0.2) is 42.1 Å². The molecule has 1 aliphatic rings. The first-order chi connectivity index (χ1) is 8.58. The summed E-state index contributed by atoms with van der Waals surface area (Å²) in [5.74, 6) is 0.115.